The summed E-state index contributed by atoms with van der Waals surface area (Å²) in [6.07, 6.45) is 1.65. The number of fused-ring (bicyclic) bond motifs is 3. The first-order chi connectivity index (χ1) is 18.5. The maximum absolute atomic E-state index is 13.7. The highest BCUT2D eigenvalue weighted by molar-refractivity contribution is 5.97. The molecular formula is C31H34BrN3O4. The number of esters is 1. The van der Waals surface area contributed by atoms with E-state index >= 15 is 0 Å². The number of nitrogens with one attached hydrogen (secondary N) is 2. The summed E-state index contributed by atoms with van der Waals surface area (Å²) in [5.74, 6) is -0.110. The summed E-state index contributed by atoms with van der Waals surface area (Å²) in [6.45, 7) is 2.95. The molecule has 8 heteroatoms. The number of anilines is 1. The van der Waals surface area contributed by atoms with Gasteiger partial charge in [-0.3, -0.25) is 9.59 Å². The second-order valence-corrected chi connectivity index (χ2v) is 10.4. The molecule has 39 heavy (non-hydrogen) atoms. The van der Waals surface area contributed by atoms with Crippen LogP contribution < -0.4 is 27.6 Å². The molecule has 3 aromatic carbocycles. The van der Waals surface area contributed by atoms with Crippen LogP contribution in [0.25, 0.3) is 0 Å². The Labute approximate surface area is 239 Å². The number of halogens is 1. The minimum atomic E-state index is -0.731. The van der Waals surface area contributed by atoms with Crippen molar-refractivity contribution < 1.29 is 40.6 Å². The van der Waals surface area contributed by atoms with Crippen LogP contribution in [-0.4, -0.2) is 61.5 Å². The first kappa shape index (κ1) is 28.5. The topological polar surface area (TPSA) is 84.5 Å². The minimum absolute atomic E-state index is 0. The number of hydrogen-bond donors (Lipinski definition) is 2. The number of Topliss-reactive ketones (excluding diaryl/α,β-unsaturated/α-hetero) is 1. The Morgan fingerprint density at radius 2 is 1.54 bits per heavy atom. The Bertz CT molecular complexity index is 1290. The van der Waals surface area contributed by atoms with Crippen molar-refractivity contribution in [1.29, 1.82) is 0 Å². The van der Waals surface area contributed by atoms with E-state index in [2.05, 4.69) is 10.6 Å². The molecule has 0 spiro atoms. The summed E-state index contributed by atoms with van der Waals surface area (Å²) in [6, 6.07) is 25.2. The van der Waals surface area contributed by atoms with Gasteiger partial charge in [0.05, 0.1) is 13.1 Å². The summed E-state index contributed by atoms with van der Waals surface area (Å²) in [4.78, 5) is 38.9. The van der Waals surface area contributed by atoms with Gasteiger partial charge in [-0.05, 0) is 23.8 Å². The molecule has 1 amide bonds. The number of rotatable bonds is 9. The van der Waals surface area contributed by atoms with Crippen molar-refractivity contribution in [2.24, 2.45) is 5.92 Å². The summed E-state index contributed by atoms with van der Waals surface area (Å²) < 4.78 is 6.88. The first-order valence-electron chi connectivity index (χ1n) is 13.2. The predicted molar refractivity (Wildman–Crippen MR) is 146 cm³/mol. The maximum atomic E-state index is 13.7. The molecule has 3 aliphatic heterocycles. The number of ketones is 1. The lowest BCUT2D eigenvalue weighted by molar-refractivity contribution is -0.938. The zero-order valence-electron chi connectivity index (χ0n) is 22.0. The fourth-order valence-electron chi connectivity index (χ4n) is 5.80. The molecule has 3 saturated heterocycles. The third-order valence-electron chi connectivity index (χ3n) is 7.92. The molecule has 204 valence electrons. The van der Waals surface area contributed by atoms with Crippen LogP contribution in [0.15, 0.2) is 84.9 Å². The van der Waals surface area contributed by atoms with E-state index in [1.165, 1.54) is 0 Å². The maximum Gasteiger partial charge on any atom is 0.333 e. The van der Waals surface area contributed by atoms with Crippen LogP contribution in [0.1, 0.15) is 45.2 Å². The highest BCUT2D eigenvalue weighted by atomic mass is 79.9. The molecule has 2 N–H and O–H groups in total. The Hall–Kier alpha value is -3.49. The van der Waals surface area contributed by atoms with Crippen molar-refractivity contribution in [1.82, 2.24) is 5.32 Å². The van der Waals surface area contributed by atoms with Gasteiger partial charge in [-0.25, -0.2) is 4.79 Å². The quantitative estimate of drug-likeness (QED) is 0.222. The Morgan fingerprint density at radius 1 is 0.897 bits per heavy atom. The SMILES string of the molecule is CNC(=O)c1cccc(NC(C(=O)O[C@H]2C[N+]3(CC(=O)c4ccccc4)CCC2CC3)c2ccccc2)c1.[Br-]. The second kappa shape index (κ2) is 12.6. The van der Waals surface area contributed by atoms with Crippen LogP contribution in [0, 0.1) is 5.92 Å². The van der Waals surface area contributed by atoms with Gasteiger partial charge in [0.25, 0.3) is 5.91 Å². The van der Waals surface area contributed by atoms with Crippen molar-refractivity contribution in [2.75, 3.05) is 38.5 Å². The number of ether oxygens (including phenoxy) is 1. The fraction of sp³-hybridized carbons (Fsp3) is 0.323. The minimum Gasteiger partial charge on any atom is -1.00 e. The average molecular weight is 593 g/mol. The van der Waals surface area contributed by atoms with E-state index in [9.17, 15) is 14.4 Å². The van der Waals surface area contributed by atoms with Gasteiger partial charge in [-0.1, -0.05) is 66.7 Å². The van der Waals surface area contributed by atoms with Crippen LogP contribution in [0.5, 0.6) is 0 Å². The van der Waals surface area contributed by atoms with Crippen LogP contribution in [0.3, 0.4) is 0 Å². The number of quaternary nitrogens is 1. The van der Waals surface area contributed by atoms with E-state index in [0.29, 0.717) is 34.7 Å². The van der Waals surface area contributed by atoms with Crippen LogP contribution in [-0.2, 0) is 9.53 Å². The lowest BCUT2D eigenvalue weighted by Crippen LogP contribution is -3.00. The summed E-state index contributed by atoms with van der Waals surface area (Å²) in [7, 11) is 1.59. The second-order valence-electron chi connectivity index (χ2n) is 10.4. The first-order valence-corrected chi connectivity index (χ1v) is 13.2. The number of piperidine rings is 3. The molecular weight excluding hydrogens is 558 g/mol. The van der Waals surface area contributed by atoms with Crippen LogP contribution in [0.4, 0.5) is 5.69 Å². The fourth-order valence-corrected chi connectivity index (χ4v) is 5.80. The van der Waals surface area contributed by atoms with Crippen molar-refractivity contribution >= 4 is 23.3 Å². The van der Waals surface area contributed by atoms with Gasteiger partial charge in [0, 0.05) is 42.6 Å². The number of hydrogen-bond acceptors (Lipinski definition) is 5. The molecule has 7 nitrogen and oxygen atoms in total. The highest BCUT2D eigenvalue weighted by Gasteiger charge is 2.49. The molecule has 2 bridgehead atoms. The van der Waals surface area contributed by atoms with Crippen LogP contribution in [0.2, 0.25) is 0 Å². The molecule has 6 rings (SSSR count). The molecule has 0 radical (unpaired) electrons. The normalized spacial score (nSPS) is 22.2. The molecule has 0 saturated carbocycles. The number of carbonyl (C=O) groups excluding carboxylic acids is 3. The Kier molecular flexibility index (Phi) is 9.20. The third kappa shape index (κ3) is 6.57. The van der Waals surface area contributed by atoms with E-state index in [-0.39, 0.29) is 40.7 Å². The van der Waals surface area contributed by atoms with E-state index in [1.807, 2.05) is 66.7 Å². The molecule has 2 atom stereocenters. The molecule has 1 unspecified atom stereocenters. The number of nitrogens with zero attached hydrogens (tertiary/aromatic N) is 1. The average Bonchev–Trinajstić information content (AvgIpc) is 2.97. The summed E-state index contributed by atoms with van der Waals surface area (Å²) in [5.41, 5.74) is 2.67. The van der Waals surface area contributed by atoms with Gasteiger partial charge < -0.3 is 36.8 Å². The molecule has 3 aliphatic rings. The van der Waals surface area contributed by atoms with Gasteiger partial charge in [0.1, 0.15) is 13.1 Å². The van der Waals surface area contributed by atoms with E-state index < -0.39 is 6.04 Å². The molecule has 0 aromatic heterocycles. The van der Waals surface area contributed by atoms with E-state index in [1.54, 1.807) is 25.2 Å². The van der Waals surface area contributed by atoms with Crippen molar-refractivity contribution in [3.63, 3.8) is 0 Å². The largest absolute Gasteiger partial charge is 1.00 e. The number of benzene rings is 3. The number of amides is 1. The van der Waals surface area contributed by atoms with Gasteiger partial charge in [-0.15, -0.1) is 0 Å². The molecule has 3 heterocycles. The van der Waals surface area contributed by atoms with Gasteiger partial charge in [0.15, 0.2) is 12.1 Å². The smallest absolute Gasteiger partial charge is 0.333 e. The van der Waals surface area contributed by atoms with Gasteiger partial charge in [-0.2, -0.15) is 0 Å². The van der Waals surface area contributed by atoms with Crippen molar-refractivity contribution in [3.05, 3.63) is 102 Å². The molecule has 3 fully saturated rings. The van der Waals surface area contributed by atoms with Gasteiger partial charge >= 0.3 is 5.97 Å². The molecule has 0 aliphatic carbocycles. The Balaban J connectivity index is 0.00000353. The number of carbonyl (C=O) groups is 3. The summed E-state index contributed by atoms with van der Waals surface area (Å²) in [5, 5.41) is 5.93. The van der Waals surface area contributed by atoms with E-state index in [0.717, 1.165) is 37.1 Å². The van der Waals surface area contributed by atoms with Gasteiger partial charge in [0.2, 0.25) is 5.78 Å². The standard InChI is InChI=1S/C31H33N3O4.BrH/c1-32-30(36)25-13-8-14-26(19-25)33-29(24-11-6-3-7-12-24)31(37)38-28-21-34(17-15-23(28)16-18-34)20-27(35)22-9-4-2-5-10-22;/h2-14,19,23,28-29,33H,15-18,20-21H2,1H3;1H/t23?,28-,29?,34?;/m0./s1. The lowest BCUT2D eigenvalue weighted by atomic mass is 9.82. The van der Waals surface area contributed by atoms with E-state index in [4.69, 9.17) is 4.74 Å². The highest BCUT2D eigenvalue weighted by Crippen LogP contribution is 2.36. The third-order valence-corrected chi connectivity index (χ3v) is 7.92. The summed E-state index contributed by atoms with van der Waals surface area (Å²) >= 11 is 0. The lowest BCUT2D eigenvalue weighted by Gasteiger charge is -2.51. The predicted octanol–water partition coefficient (Wildman–Crippen LogP) is 1.24. The van der Waals surface area contributed by atoms with Crippen molar-refractivity contribution in [3.8, 4) is 0 Å². The zero-order chi connectivity index (χ0) is 26.5. The van der Waals surface area contributed by atoms with Crippen molar-refractivity contribution in [2.45, 2.75) is 25.0 Å². The zero-order valence-corrected chi connectivity index (χ0v) is 23.6. The monoisotopic (exact) mass is 591 g/mol. The molecule has 3 aromatic rings. The Morgan fingerprint density at radius 3 is 2.21 bits per heavy atom. The van der Waals surface area contributed by atoms with Crippen LogP contribution >= 0.6 is 0 Å².